The van der Waals surface area contributed by atoms with Crippen LogP contribution in [0.5, 0.6) is 0 Å². The molecular weight excluding hydrogens is 314 g/mol. The van der Waals surface area contributed by atoms with Crippen molar-refractivity contribution in [3.8, 4) is 0 Å². The van der Waals surface area contributed by atoms with Crippen LogP contribution in [0.3, 0.4) is 0 Å². The van der Waals surface area contributed by atoms with Gasteiger partial charge in [-0.05, 0) is 43.5 Å². The summed E-state index contributed by atoms with van der Waals surface area (Å²) < 4.78 is 0. The minimum absolute atomic E-state index is 0.0627. The molecule has 1 N–H and O–H groups in total. The number of rotatable bonds is 10. The summed E-state index contributed by atoms with van der Waals surface area (Å²) in [6.07, 6.45) is 5.45. The topological polar surface area (TPSA) is 57.6 Å². The first kappa shape index (κ1) is 19.6. The zero-order chi connectivity index (χ0) is 18.2. The van der Waals surface area contributed by atoms with E-state index in [4.69, 9.17) is 5.11 Å². The molecule has 2 unspecified atom stereocenters. The Hall–Kier alpha value is -1.68. The standard InChI is InChI=1S/C21H31NO3/c1-3-5-11-22(12-6-4-2)15-16-7-9-17(10-8-16)19-13-18(21(24)25)14-20(19)23/h7-10,18-19H,3-6,11-15H2,1-2H3,(H,24,25). The van der Waals surface area contributed by atoms with E-state index in [0.717, 1.165) is 25.2 Å². The summed E-state index contributed by atoms with van der Waals surface area (Å²) in [5.41, 5.74) is 2.22. The summed E-state index contributed by atoms with van der Waals surface area (Å²) in [5.74, 6) is -1.55. The van der Waals surface area contributed by atoms with Gasteiger partial charge in [-0.15, -0.1) is 0 Å². The number of Topliss-reactive ketones (excluding diaryl/α,β-unsaturated/α-hetero) is 1. The van der Waals surface area contributed by atoms with Gasteiger partial charge >= 0.3 is 5.97 Å². The van der Waals surface area contributed by atoms with Gasteiger partial charge in [-0.2, -0.15) is 0 Å². The second-order valence-corrected chi connectivity index (χ2v) is 7.22. The molecule has 2 atom stereocenters. The second-order valence-electron chi connectivity index (χ2n) is 7.22. The highest BCUT2D eigenvalue weighted by Gasteiger charge is 2.37. The van der Waals surface area contributed by atoms with Gasteiger partial charge in [-0.25, -0.2) is 0 Å². The van der Waals surface area contributed by atoms with Crippen LogP contribution in [-0.4, -0.2) is 34.8 Å². The molecule has 0 spiro atoms. The number of hydrogen-bond donors (Lipinski definition) is 1. The van der Waals surface area contributed by atoms with Crippen molar-refractivity contribution in [3.05, 3.63) is 35.4 Å². The van der Waals surface area contributed by atoms with Gasteiger partial charge in [0.2, 0.25) is 0 Å². The average Bonchev–Trinajstić information content (AvgIpc) is 3.00. The Morgan fingerprint density at radius 3 is 2.20 bits per heavy atom. The lowest BCUT2D eigenvalue weighted by Crippen LogP contribution is -2.25. The van der Waals surface area contributed by atoms with Gasteiger partial charge in [-0.3, -0.25) is 14.5 Å². The molecule has 25 heavy (non-hydrogen) atoms. The molecule has 1 aliphatic carbocycles. The van der Waals surface area contributed by atoms with Crippen LogP contribution in [0.2, 0.25) is 0 Å². The first-order valence-corrected chi connectivity index (χ1v) is 9.61. The quantitative estimate of drug-likeness (QED) is 0.689. The van der Waals surface area contributed by atoms with Crippen LogP contribution in [0.4, 0.5) is 0 Å². The molecule has 4 heteroatoms. The van der Waals surface area contributed by atoms with Gasteiger partial charge in [-0.1, -0.05) is 51.0 Å². The Balaban J connectivity index is 1.98. The number of carbonyl (C=O) groups excluding carboxylic acids is 1. The second kappa shape index (κ2) is 9.71. The van der Waals surface area contributed by atoms with Crippen LogP contribution in [0, 0.1) is 5.92 Å². The van der Waals surface area contributed by atoms with Gasteiger partial charge in [0, 0.05) is 18.9 Å². The zero-order valence-corrected chi connectivity index (χ0v) is 15.5. The van der Waals surface area contributed by atoms with E-state index in [1.54, 1.807) is 0 Å². The van der Waals surface area contributed by atoms with Crippen molar-refractivity contribution in [2.75, 3.05) is 13.1 Å². The van der Waals surface area contributed by atoms with Crippen LogP contribution in [0.25, 0.3) is 0 Å². The molecule has 2 rings (SSSR count). The van der Waals surface area contributed by atoms with Gasteiger partial charge in [0.05, 0.1) is 5.92 Å². The highest BCUT2D eigenvalue weighted by atomic mass is 16.4. The van der Waals surface area contributed by atoms with Crippen LogP contribution >= 0.6 is 0 Å². The number of ketones is 1. The first-order chi connectivity index (χ1) is 12.0. The predicted octanol–water partition coefficient (Wildman–Crippen LogP) is 4.24. The lowest BCUT2D eigenvalue weighted by Gasteiger charge is -2.22. The third-order valence-electron chi connectivity index (χ3n) is 5.15. The predicted molar refractivity (Wildman–Crippen MR) is 99.6 cm³/mol. The third kappa shape index (κ3) is 5.67. The fourth-order valence-electron chi connectivity index (χ4n) is 3.54. The van der Waals surface area contributed by atoms with E-state index in [2.05, 4.69) is 30.9 Å². The lowest BCUT2D eigenvalue weighted by atomic mass is 9.94. The van der Waals surface area contributed by atoms with E-state index < -0.39 is 11.9 Å². The molecule has 0 saturated heterocycles. The van der Waals surface area contributed by atoms with E-state index in [-0.39, 0.29) is 18.1 Å². The Kier molecular flexibility index (Phi) is 7.63. The van der Waals surface area contributed by atoms with Crippen LogP contribution < -0.4 is 0 Å². The fourth-order valence-corrected chi connectivity index (χ4v) is 3.54. The van der Waals surface area contributed by atoms with E-state index in [9.17, 15) is 9.59 Å². The minimum atomic E-state index is -0.852. The highest BCUT2D eigenvalue weighted by Crippen LogP contribution is 2.35. The molecule has 1 aromatic rings. The lowest BCUT2D eigenvalue weighted by molar-refractivity contribution is -0.142. The third-order valence-corrected chi connectivity index (χ3v) is 5.15. The SMILES string of the molecule is CCCCN(CCCC)Cc1ccc(C2CC(C(=O)O)CC2=O)cc1. The van der Waals surface area contributed by atoms with E-state index in [0.29, 0.717) is 6.42 Å². The smallest absolute Gasteiger partial charge is 0.306 e. The monoisotopic (exact) mass is 345 g/mol. The largest absolute Gasteiger partial charge is 0.481 e. The Morgan fingerprint density at radius 1 is 1.12 bits per heavy atom. The maximum Gasteiger partial charge on any atom is 0.306 e. The van der Waals surface area contributed by atoms with Crippen molar-refractivity contribution >= 4 is 11.8 Å². The fraction of sp³-hybridized carbons (Fsp3) is 0.619. The van der Waals surface area contributed by atoms with Gasteiger partial charge in [0.25, 0.3) is 0 Å². The molecule has 0 radical (unpaired) electrons. The van der Waals surface area contributed by atoms with Crippen molar-refractivity contribution in [1.29, 1.82) is 0 Å². The summed E-state index contributed by atoms with van der Waals surface area (Å²) in [6, 6.07) is 8.23. The number of nitrogens with zero attached hydrogens (tertiary/aromatic N) is 1. The molecule has 0 bridgehead atoms. The number of carboxylic acid groups (broad SMARTS) is 1. The van der Waals surface area contributed by atoms with Crippen molar-refractivity contribution in [2.45, 2.75) is 64.8 Å². The molecule has 4 nitrogen and oxygen atoms in total. The van der Waals surface area contributed by atoms with Gasteiger partial charge in [0.15, 0.2) is 0 Å². The molecule has 0 amide bonds. The number of aliphatic carboxylic acids is 1. The van der Waals surface area contributed by atoms with Gasteiger partial charge in [0.1, 0.15) is 5.78 Å². The maximum absolute atomic E-state index is 12.1. The van der Waals surface area contributed by atoms with Crippen molar-refractivity contribution in [2.24, 2.45) is 5.92 Å². The number of carboxylic acids is 1. The van der Waals surface area contributed by atoms with Crippen LogP contribution in [0.15, 0.2) is 24.3 Å². The summed E-state index contributed by atoms with van der Waals surface area (Å²) in [4.78, 5) is 25.7. The van der Waals surface area contributed by atoms with Crippen molar-refractivity contribution in [3.63, 3.8) is 0 Å². The molecule has 1 fully saturated rings. The average molecular weight is 345 g/mol. The Labute approximate surface area is 151 Å². The molecule has 0 aliphatic heterocycles. The normalized spacial score (nSPS) is 20.4. The number of unbranched alkanes of at least 4 members (excludes halogenated alkanes) is 2. The molecule has 138 valence electrons. The highest BCUT2D eigenvalue weighted by molar-refractivity contribution is 5.92. The molecule has 1 saturated carbocycles. The van der Waals surface area contributed by atoms with Crippen molar-refractivity contribution in [1.82, 2.24) is 4.90 Å². The van der Waals surface area contributed by atoms with Crippen LogP contribution in [-0.2, 0) is 16.1 Å². The minimum Gasteiger partial charge on any atom is -0.481 e. The van der Waals surface area contributed by atoms with E-state index in [1.165, 1.54) is 31.2 Å². The maximum atomic E-state index is 12.1. The summed E-state index contributed by atoms with van der Waals surface area (Å²) in [6.45, 7) is 7.63. The Morgan fingerprint density at radius 2 is 1.72 bits per heavy atom. The Bertz CT molecular complexity index is 559. The van der Waals surface area contributed by atoms with Crippen LogP contribution in [0.1, 0.15) is 69.4 Å². The number of benzene rings is 1. The van der Waals surface area contributed by atoms with E-state index >= 15 is 0 Å². The summed E-state index contributed by atoms with van der Waals surface area (Å²) >= 11 is 0. The summed E-state index contributed by atoms with van der Waals surface area (Å²) in [5, 5.41) is 9.12. The molecule has 1 aromatic carbocycles. The molecular formula is C21H31NO3. The molecule has 1 aliphatic rings. The van der Waals surface area contributed by atoms with Gasteiger partial charge < -0.3 is 5.11 Å². The van der Waals surface area contributed by atoms with E-state index in [1.807, 2.05) is 12.1 Å². The molecule has 0 aromatic heterocycles. The summed E-state index contributed by atoms with van der Waals surface area (Å²) in [7, 11) is 0. The first-order valence-electron chi connectivity index (χ1n) is 9.61. The number of hydrogen-bond acceptors (Lipinski definition) is 3. The van der Waals surface area contributed by atoms with Crippen molar-refractivity contribution < 1.29 is 14.7 Å². The molecule has 0 heterocycles. The zero-order valence-electron chi connectivity index (χ0n) is 15.5. The number of carbonyl (C=O) groups is 2.